The van der Waals surface area contributed by atoms with Crippen molar-refractivity contribution >= 4 is 0 Å². The van der Waals surface area contributed by atoms with Crippen molar-refractivity contribution in [1.82, 2.24) is 0 Å². The molecule has 0 amide bonds. The third-order valence-electron chi connectivity index (χ3n) is 3.92. The van der Waals surface area contributed by atoms with E-state index in [1.54, 1.807) is 7.11 Å². The van der Waals surface area contributed by atoms with Gasteiger partial charge in [-0.2, -0.15) is 0 Å². The molecule has 1 aromatic rings. The summed E-state index contributed by atoms with van der Waals surface area (Å²) >= 11 is 0. The van der Waals surface area contributed by atoms with E-state index in [1.807, 2.05) is 31.2 Å². The van der Waals surface area contributed by atoms with Gasteiger partial charge in [0, 0.05) is 12.2 Å². The van der Waals surface area contributed by atoms with Crippen molar-refractivity contribution in [3.05, 3.63) is 29.8 Å². The molecule has 0 aromatic heterocycles. The van der Waals surface area contributed by atoms with Crippen molar-refractivity contribution < 1.29 is 9.47 Å². The first-order valence-electron chi connectivity index (χ1n) is 6.76. The second-order valence-corrected chi connectivity index (χ2v) is 4.92. The minimum absolute atomic E-state index is 0.115. The van der Waals surface area contributed by atoms with Crippen LogP contribution in [0, 0.1) is 0 Å². The third-order valence-corrected chi connectivity index (χ3v) is 3.92. The molecule has 1 aliphatic rings. The first-order chi connectivity index (χ1) is 8.73. The number of benzene rings is 1. The first-order valence-corrected chi connectivity index (χ1v) is 6.76. The van der Waals surface area contributed by atoms with Gasteiger partial charge in [-0.25, -0.2) is 0 Å². The molecule has 18 heavy (non-hydrogen) atoms. The lowest BCUT2D eigenvalue weighted by Crippen LogP contribution is -2.41. The summed E-state index contributed by atoms with van der Waals surface area (Å²) in [7, 11) is 1.69. The maximum atomic E-state index is 6.49. The van der Waals surface area contributed by atoms with Gasteiger partial charge in [0.2, 0.25) is 0 Å². The second-order valence-electron chi connectivity index (χ2n) is 4.92. The zero-order chi connectivity index (χ0) is 13.0. The van der Waals surface area contributed by atoms with E-state index in [-0.39, 0.29) is 11.6 Å². The van der Waals surface area contributed by atoms with E-state index in [4.69, 9.17) is 15.2 Å². The fourth-order valence-corrected chi connectivity index (χ4v) is 3.01. The Morgan fingerprint density at radius 3 is 2.56 bits per heavy atom. The average Bonchev–Trinajstić information content (AvgIpc) is 2.88. The van der Waals surface area contributed by atoms with Crippen LogP contribution in [0.2, 0.25) is 0 Å². The summed E-state index contributed by atoms with van der Waals surface area (Å²) in [5.74, 6) is 0.857. The molecule has 1 unspecified atom stereocenters. The molecule has 0 heterocycles. The van der Waals surface area contributed by atoms with Crippen LogP contribution >= 0.6 is 0 Å². The van der Waals surface area contributed by atoms with E-state index in [0.717, 1.165) is 24.2 Å². The molecule has 0 spiro atoms. The number of hydrogen-bond acceptors (Lipinski definition) is 3. The summed E-state index contributed by atoms with van der Waals surface area (Å²) in [4.78, 5) is 0. The van der Waals surface area contributed by atoms with Gasteiger partial charge in [-0.1, -0.05) is 31.0 Å². The van der Waals surface area contributed by atoms with Crippen LogP contribution in [0.5, 0.6) is 5.75 Å². The normalized spacial score (nSPS) is 19.7. The lowest BCUT2D eigenvalue weighted by atomic mass is 9.87. The highest BCUT2D eigenvalue weighted by atomic mass is 16.5. The van der Waals surface area contributed by atoms with Crippen LogP contribution in [-0.4, -0.2) is 19.3 Å². The molecule has 1 aromatic carbocycles. The predicted octanol–water partition coefficient (Wildman–Crippen LogP) is 3.04. The van der Waals surface area contributed by atoms with Gasteiger partial charge in [-0.05, 0) is 25.8 Å². The number of hydrogen-bond donors (Lipinski definition) is 1. The van der Waals surface area contributed by atoms with Gasteiger partial charge < -0.3 is 15.2 Å². The van der Waals surface area contributed by atoms with Crippen LogP contribution in [0.15, 0.2) is 24.3 Å². The van der Waals surface area contributed by atoms with Crippen molar-refractivity contribution in [2.75, 3.05) is 13.7 Å². The number of ether oxygens (including phenoxy) is 2. The Hall–Kier alpha value is -1.06. The number of rotatable bonds is 5. The smallest absolute Gasteiger partial charge is 0.123 e. The van der Waals surface area contributed by atoms with Gasteiger partial charge in [0.25, 0.3) is 0 Å². The Morgan fingerprint density at radius 2 is 1.94 bits per heavy atom. The van der Waals surface area contributed by atoms with Crippen LogP contribution < -0.4 is 10.5 Å². The molecule has 0 radical (unpaired) electrons. The summed E-state index contributed by atoms with van der Waals surface area (Å²) in [6, 6.07) is 7.87. The molecule has 1 atom stereocenters. The molecule has 0 saturated heterocycles. The topological polar surface area (TPSA) is 44.5 Å². The van der Waals surface area contributed by atoms with Crippen LogP contribution in [-0.2, 0) is 4.74 Å². The third kappa shape index (κ3) is 2.38. The van der Waals surface area contributed by atoms with E-state index in [9.17, 15) is 0 Å². The van der Waals surface area contributed by atoms with Gasteiger partial charge in [-0.15, -0.1) is 0 Å². The molecule has 0 bridgehead atoms. The monoisotopic (exact) mass is 249 g/mol. The lowest BCUT2D eigenvalue weighted by molar-refractivity contribution is -0.0540. The van der Waals surface area contributed by atoms with Crippen molar-refractivity contribution in [3.63, 3.8) is 0 Å². The second kappa shape index (κ2) is 5.72. The Kier molecular flexibility index (Phi) is 4.25. The molecule has 1 fully saturated rings. The minimum atomic E-state index is -0.205. The fourth-order valence-electron chi connectivity index (χ4n) is 3.01. The average molecular weight is 249 g/mol. The number of nitrogens with two attached hydrogens (primary N) is 1. The van der Waals surface area contributed by atoms with Gasteiger partial charge >= 0.3 is 0 Å². The summed E-state index contributed by atoms with van der Waals surface area (Å²) < 4.78 is 11.4. The van der Waals surface area contributed by atoms with Crippen molar-refractivity contribution in [2.24, 2.45) is 5.73 Å². The zero-order valence-electron chi connectivity index (χ0n) is 11.3. The van der Waals surface area contributed by atoms with Gasteiger partial charge in [0.15, 0.2) is 0 Å². The quantitative estimate of drug-likeness (QED) is 0.872. The largest absolute Gasteiger partial charge is 0.496 e. The van der Waals surface area contributed by atoms with Crippen LogP contribution in [0.4, 0.5) is 0 Å². The molecule has 1 aliphatic carbocycles. The van der Waals surface area contributed by atoms with Gasteiger partial charge in [0.05, 0.1) is 18.8 Å². The highest BCUT2D eigenvalue weighted by molar-refractivity contribution is 5.37. The van der Waals surface area contributed by atoms with Gasteiger partial charge in [0.1, 0.15) is 5.75 Å². The van der Waals surface area contributed by atoms with Gasteiger partial charge in [-0.3, -0.25) is 0 Å². The van der Waals surface area contributed by atoms with Crippen LogP contribution in [0.25, 0.3) is 0 Å². The first kappa shape index (κ1) is 13.4. The molecule has 2 rings (SSSR count). The molecule has 3 nitrogen and oxygen atoms in total. The minimum Gasteiger partial charge on any atom is -0.496 e. The Bertz CT molecular complexity index is 386. The fraction of sp³-hybridized carbons (Fsp3) is 0.600. The van der Waals surface area contributed by atoms with Crippen molar-refractivity contribution in [2.45, 2.75) is 44.2 Å². The Balaban J connectivity index is 2.30. The standard InChI is InChI=1S/C15H23NO2/c1-3-18-15(10-6-7-11-15)14(16)12-8-4-5-9-13(12)17-2/h4-5,8-9,14H,3,6-7,10-11,16H2,1-2H3. The van der Waals surface area contributed by atoms with E-state index in [2.05, 4.69) is 0 Å². The Labute approximate surface area is 109 Å². The summed E-state index contributed by atoms with van der Waals surface area (Å²) in [5.41, 5.74) is 7.34. The van der Waals surface area contributed by atoms with Crippen molar-refractivity contribution in [3.8, 4) is 5.75 Å². The summed E-state index contributed by atoms with van der Waals surface area (Å²) in [5, 5.41) is 0. The highest BCUT2D eigenvalue weighted by Crippen LogP contribution is 2.43. The molecular formula is C15H23NO2. The molecule has 3 heteroatoms. The molecule has 100 valence electrons. The van der Waals surface area contributed by atoms with Crippen molar-refractivity contribution in [1.29, 1.82) is 0 Å². The van der Waals surface area contributed by atoms with Crippen LogP contribution in [0.3, 0.4) is 0 Å². The van der Waals surface area contributed by atoms with E-state index >= 15 is 0 Å². The summed E-state index contributed by atoms with van der Waals surface area (Å²) in [6.45, 7) is 2.75. The molecule has 0 aliphatic heterocycles. The SMILES string of the molecule is CCOC1(C(N)c2ccccc2OC)CCCC1. The summed E-state index contributed by atoms with van der Waals surface area (Å²) in [6.07, 6.45) is 4.48. The maximum absolute atomic E-state index is 6.49. The van der Waals surface area contributed by atoms with E-state index < -0.39 is 0 Å². The maximum Gasteiger partial charge on any atom is 0.123 e. The number of methoxy groups -OCH3 is 1. The molecular weight excluding hydrogens is 226 g/mol. The van der Waals surface area contributed by atoms with E-state index in [0.29, 0.717) is 6.61 Å². The molecule has 2 N–H and O–H groups in total. The Morgan fingerprint density at radius 1 is 1.28 bits per heavy atom. The predicted molar refractivity (Wildman–Crippen MR) is 72.7 cm³/mol. The lowest BCUT2D eigenvalue weighted by Gasteiger charge is -2.35. The van der Waals surface area contributed by atoms with E-state index in [1.165, 1.54) is 12.8 Å². The van der Waals surface area contributed by atoms with Crippen LogP contribution in [0.1, 0.15) is 44.2 Å². The number of para-hydroxylation sites is 1. The molecule has 1 saturated carbocycles. The zero-order valence-corrected chi connectivity index (χ0v) is 11.3. The highest BCUT2D eigenvalue weighted by Gasteiger charge is 2.41.